The largest absolute Gasteiger partial charge is 0.355 e. The van der Waals surface area contributed by atoms with E-state index >= 15 is 0 Å². The van der Waals surface area contributed by atoms with E-state index in [1.807, 2.05) is 18.2 Å². The van der Waals surface area contributed by atoms with Gasteiger partial charge in [0.1, 0.15) is 5.82 Å². The van der Waals surface area contributed by atoms with Crippen molar-refractivity contribution in [2.75, 3.05) is 13.1 Å². The maximum atomic E-state index is 13.6. The quantitative estimate of drug-likeness (QED) is 0.907. The number of carbonyl (C=O) groups is 2. The maximum absolute atomic E-state index is 13.6. The minimum Gasteiger partial charge on any atom is -0.355 e. The summed E-state index contributed by atoms with van der Waals surface area (Å²) in [5.74, 6) is -0.676. The lowest BCUT2D eigenvalue weighted by molar-refractivity contribution is -0.120. The van der Waals surface area contributed by atoms with E-state index in [-0.39, 0.29) is 30.0 Å². The van der Waals surface area contributed by atoms with E-state index in [2.05, 4.69) is 10.6 Å². The van der Waals surface area contributed by atoms with Crippen LogP contribution in [0, 0.1) is 5.82 Å². The number of rotatable bonds is 4. The van der Waals surface area contributed by atoms with Crippen molar-refractivity contribution in [2.45, 2.75) is 12.3 Å². The molecule has 1 atom stereocenters. The normalized spacial score (nSPS) is 16.4. The summed E-state index contributed by atoms with van der Waals surface area (Å²) in [6.07, 6.45) is 0.00734. The zero-order chi connectivity index (χ0) is 16.2. The minimum atomic E-state index is -0.377. The van der Waals surface area contributed by atoms with Gasteiger partial charge in [0.15, 0.2) is 0 Å². The van der Waals surface area contributed by atoms with Gasteiger partial charge < -0.3 is 10.6 Å². The van der Waals surface area contributed by atoms with Crippen molar-refractivity contribution in [1.82, 2.24) is 10.6 Å². The molecule has 0 spiro atoms. The lowest BCUT2D eigenvalue weighted by Crippen LogP contribution is -2.40. The highest BCUT2D eigenvalue weighted by atomic mass is 19.1. The van der Waals surface area contributed by atoms with Crippen molar-refractivity contribution in [2.24, 2.45) is 0 Å². The highest BCUT2D eigenvalue weighted by molar-refractivity contribution is 5.97. The van der Waals surface area contributed by atoms with Gasteiger partial charge in [-0.2, -0.15) is 0 Å². The van der Waals surface area contributed by atoms with Crippen molar-refractivity contribution >= 4 is 11.8 Å². The predicted octanol–water partition coefficient (Wildman–Crippen LogP) is 2.01. The molecule has 2 N–H and O–H groups in total. The third-order valence-corrected chi connectivity index (χ3v) is 4.01. The van der Waals surface area contributed by atoms with E-state index in [9.17, 15) is 14.0 Å². The van der Waals surface area contributed by atoms with Gasteiger partial charge in [-0.25, -0.2) is 4.39 Å². The molecule has 0 bridgehead atoms. The van der Waals surface area contributed by atoms with Gasteiger partial charge in [0.2, 0.25) is 5.91 Å². The van der Waals surface area contributed by atoms with Crippen LogP contribution in [0.2, 0.25) is 0 Å². The van der Waals surface area contributed by atoms with Crippen LogP contribution < -0.4 is 10.6 Å². The smallest absolute Gasteiger partial charge is 0.251 e. The first kappa shape index (κ1) is 15.2. The summed E-state index contributed by atoms with van der Waals surface area (Å²) >= 11 is 0. The second-order valence-corrected chi connectivity index (χ2v) is 5.57. The van der Waals surface area contributed by atoms with Crippen LogP contribution in [0.4, 0.5) is 4.39 Å². The van der Waals surface area contributed by atoms with E-state index in [0.29, 0.717) is 24.2 Å². The first-order chi connectivity index (χ1) is 11.1. The summed E-state index contributed by atoms with van der Waals surface area (Å²) in [4.78, 5) is 23.8. The van der Waals surface area contributed by atoms with Crippen LogP contribution in [0.5, 0.6) is 0 Å². The molecule has 2 amide bonds. The zero-order valence-corrected chi connectivity index (χ0v) is 12.5. The second kappa shape index (κ2) is 6.60. The van der Waals surface area contributed by atoms with Gasteiger partial charge in [-0.3, -0.25) is 9.59 Å². The van der Waals surface area contributed by atoms with Gasteiger partial charge in [0.25, 0.3) is 5.91 Å². The molecule has 118 valence electrons. The van der Waals surface area contributed by atoms with Crippen molar-refractivity contribution in [1.29, 1.82) is 0 Å². The van der Waals surface area contributed by atoms with E-state index < -0.39 is 0 Å². The molecule has 23 heavy (non-hydrogen) atoms. The molecule has 1 heterocycles. The van der Waals surface area contributed by atoms with Crippen molar-refractivity contribution in [3.8, 4) is 0 Å². The van der Waals surface area contributed by atoms with E-state index in [0.717, 1.165) is 5.56 Å². The molecule has 2 aromatic carbocycles. The Morgan fingerprint density at radius 3 is 2.74 bits per heavy atom. The van der Waals surface area contributed by atoms with Crippen LogP contribution in [-0.2, 0) is 11.2 Å². The highest BCUT2D eigenvalue weighted by Crippen LogP contribution is 2.23. The zero-order valence-electron chi connectivity index (χ0n) is 12.5. The molecule has 4 nitrogen and oxygen atoms in total. The fraction of sp³-hybridized carbons (Fsp3) is 0.222. The SMILES string of the molecule is O=C(Cc1ccccc1F)NCC1CNC(=O)c2ccccc21. The summed E-state index contributed by atoms with van der Waals surface area (Å²) in [6.45, 7) is 0.889. The molecule has 0 fully saturated rings. The number of hydrogen-bond donors (Lipinski definition) is 2. The molecule has 1 unspecified atom stereocenters. The Hall–Kier alpha value is -2.69. The van der Waals surface area contributed by atoms with E-state index in [1.54, 1.807) is 24.3 Å². The standard InChI is InChI=1S/C18H17FN2O2/c19-16-8-4-1-5-12(16)9-17(22)20-10-13-11-21-18(23)15-7-3-2-6-14(13)15/h1-8,13H,9-11H2,(H,20,22)(H,21,23). The number of halogens is 1. The van der Waals surface area contributed by atoms with E-state index in [1.165, 1.54) is 6.07 Å². The summed E-state index contributed by atoms with van der Waals surface area (Å²) in [7, 11) is 0. The molecule has 3 rings (SSSR count). The number of benzene rings is 2. The number of hydrogen-bond acceptors (Lipinski definition) is 2. The molecule has 1 aliphatic heterocycles. The third-order valence-electron chi connectivity index (χ3n) is 4.01. The van der Waals surface area contributed by atoms with Crippen molar-refractivity contribution in [3.63, 3.8) is 0 Å². The minimum absolute atomic E-state index is 0.00734. The Morgan fingerprint density at radius 2 is 1.91 bits per heavy atom. The fourth-order valence-corrected chi connectivity index (χ4v) is 2.78. The van der Waals surface area contributed by atoms with E-state index in [4.69, 9.17) is 0 Å². The first-order valence-corrected chi connectivity index (χ1v) is 7.52. The molecule has 2 aromatic rings. The summed E-state index contributed by atoms with van der Waals surface area (Å²) in [5, 5.41) is 5.65. The highest BCUT2D eigenvalue weighted by Gasteiger charge is 2.24. The Balaban J connectivity index is 1.63. The van der Waals surface area contributed by atoms with Crippen molar-refractivity contribution < 1.29 is 14.0 Å². The average molecular weight is 312 g/mol. The van der Waals surface area contributed by atoms with Crippen LogP contribution in [-0.4, -0.2) is 24.9 Å². The molecule has 5 heteroatoms. The lowest BCUT2D eigenvalue weighted by atomic mass is 9.90. The van der Waals surface area contributed by atoms with Gasteiger partial charge in [0, 0.05) is 24.6 Å². The molecule has 0 radical (unpaired) electrons. The molecular formula is C18H17FN2O2. The average Bonchev–Trinajstić information content (AvgIpc) is 2.57. The van der Waals surface area contributed by atoms with Crippen LogP contribution in [0.1, 0.15) is 27.4 Å². The Bertz CT molecular complexity index is 745. The summed E-state index contributed by atoms with van der Waals surface area (Å²) in [6, 6.07) is 13.6. The Kier molecular flexibility index (Phi) is 4.37. The lowest BCUT2D eigenvalue weighted by Gasteiger charge is -2.25. The van der Waals surface area contributed by atoms with Gasteiger partial charge in [-0.1, -0.05) is 36.4 Å². The third kappa shape index (κ3) is 3.39. The molecule has 0 aliphatic carbocycles. The second-order valence-electron chi connectivity index (χ2n) is 5.57. The number of fused-ring (bicyclic) bond motifs is 1. The monoisotopic (exact) mass is 312 g/mol. The summed E-state index contributed by atoms with van der Waals surface area (Å²) < 4.78 is 13.6. The molecule has 0 saturated heterocycles. The van der Waals surface area contributed by atoms with Crippen LogP contribution in [0.25, 0.3) is 0 Å². The Morgan fingerprint density at radius 1 is 1.17 bits per heavy atom. The summed E-state index contributed by atoms with van der Waals surface area (Å²) in [5.41, 5.74) is 1.96. The molecule has 0 saturated carbocycles. The number of amides is 2. The van der Waals surface area contributed by atoms with Gasteiger partial charge in [0.05, 0.1) is 6.42 Å². The number of nitrogens with one attached hydrogen (secondary N) is 2. The fourth-order valence-electron chi connectivity index (χ4n) is 2.78. The van der Waals surface area contributed by atoms with Crippen molar-refractivity contribution in [3.05, 3.63) is 71.0 Å². The first-order valence-electron chi connectivity index (χ1n) is 7.52. The van der Waals surface area contributed by atoms with Gasteiger partial charge >= 0.3 is 0 Å². The van der Waals surface area contributed by atoms with Crippen LogP contribution >= 0.6 is 0 Å². The van der Waals surface area contributed by atoms with Crippen LogP contribution in [0.3, 0.4) is 0 Å². The topological polar surface area (TPSA) is 58.2 Å². The van der Waals surface area contributed by atoms with Crippen LogP contribution in [0.15, 0.2) is 48.5 Å². The maximum Gasteiger partial charge on any atom is 0.251 e. The molecular weight excluding hydrogens is 295 g/mol. The van der Waals surface area contributed by atoms with Gasteiger partial charge in [-0.05, 0) is 23.3 Å². The predicted molar refractivity (Wildman–Crippen MR) is 84.6 cm³/mol. The van der Waals surface area contributed by atoms with Gasteiger partial charge in [-0.15, -0.1) is 0 Å². The number of carbonyl (C=O) groups excluding carboxylic acids is 2. The molecule has 0 aromatic heterocycles. The Labute approximate surface area is 133 Å². The molecule has 1 aliphatic rings.